The van der Waals surface area contributed by atoms with Gasteiger partial charge in [-0.15, -0.1) is 0 Å². The van der Waals surface area contributed by atoms with E-state index in [2.05, 4.69) is 20.8 Å². The SMILES string of the molecule is C=IC(O)/C=C/CCCN1CCNCC1. The highest BCUT2D eigenvalue weighted by Crippen LogP contribution is 2.05. The van der Waals surface area contributed by atoms with E-state index >= 15 is 0 Å². The predicted molar refractivity (Wildman–Crippen MR) is 74.8 cm³/mol. The molecule has 1 aliphatic heterocycles. The first kappa shape index (κ1) is 13.3. The highest BCUT2D eigenvalue weighted by molar-refractivity contribution is 14.2. The second-order valence-electron chi connectivity index (χ2n) is 3.69. The average molecular weight is 324 g/mol. The molecule has 1 rings (SSSR count). The van der Waals surface area contributed by atoms with Crippen molar-refractivity contribution in [1.82, 2.24) is 10.2 Å². The van der Waals surface area contributed by atoms with Gasteiger partial charge >= 0.3 is 0 Å². The maximum Gasteiger partial charge on any atom is 0.118 e. The molecule has 0 aromatic carbocycles. The molecular weight excluding hydrogens is 303 g/mol. The number of halogens is 1. The van der Waals surface area contributed by atoms with Crippen molar-refractivity contribution in [3.8, 4) is 0 Å². The van der Waals surface area contributed by atoms with Crippen LogP contribution in [0.15, 0.2) is 12.2 Å². The van der Waals surface area contributed by atoms with E-state index < -0.39 is 0 Å². The van der Waals surface area contributed by atoms with Crippen LogP contribution in [0.4, 0.5) is 0 Å². The third-order valence-corrected chi connectivity index (χ3v) is 3.83. The van der Waals surface area contributed by atoms with Gasteiger partial charge in [0, 0.05) is 26.2 Å². The molecule has 1 aliphatic rings. The number of nitrogens with one attached hydrogen (secondary N) is 1. The molecule has 2 N–H and O–H groups in total. The van der Waals surface area contributed by atoms with Crippen molar-refractivity contribution in [2.24, 2.45) is 0 Å². The Kier molecular flexibility index (Phi) is 7.42. The largest absolute Gasteiger partial charge is 0.379 e. The Labute approximate surface area is 102 Å². The molecule has 0 amide bonds. The number of hydrogen-bond acceptors (Lipinski definition) is 3. The Morgan fingerprint density at radius 1 is 1.47 bits per heavy atom. The first-order valence-corrected chi connectivity index (χ1v) is 8.25. The van der Waals surface area contributed by atoms with Gasteiger partial charge in [0.05, 0.1) is 0 Å². The van der Waals surface area contributed by atoms with E-state index in [0.29, 0.717) is 0 Å². The number of piperazine rings is 1. The molecule has 1 unspecified atom stereocenters. The zero-order valence-corrected chi connectivity index (χ0v) is 11.3. The van der Waals surface area contributed by atoms with Crippen LogP contribution in [0.25, 0.3) is 0 Å². The van der Waals surface area contributed by atoms with Crippen molar-refractivity contribution in [2.75, 3.05) is 32.7 Å². The number of aliphatic hydroxyl groups is 1. The minimum Gasteiger partial charge on any atom is -0.379 e. The van der Waals surface area contributed by atoms with Gasteiger partial charge in [0.15, 0.2) is 0 Å². The summed E-state index contributed by atoms with van der Waals surface area (Å²) < 4.78 is 3.50. The number of allylic oxidation sites excluding steroid dienone is 1. The lowest BCUT2D eigenvalue weighted by molar-refractivity contribution is 0.239. The molecule has 1 heterocycles. The average Bonchev–Trinajstić information content (AvgIpc) is 2.29. The molecule has 0 saturated carbocycles. The van der Waals surface area contributed by atoms with Gasteiger partial charge < -0.3 is 15.3 Å². The van der Waals surface area contributed by atoms with Crippen LogP contribution in [-0.2, 0) is 0 Å². The van der Waals surface area contributed by atoms with E-state index in [9.17, 15) is 5.11 Å². The highest BCUT2D eigenvalue weighted by atomic mass is 127. The van der Waals surface area contributed by atoms with Crippen LogP contribution in [0.1, 0.15) is 12.8 Å². The topological polar surface area (TPSA) is 35.5 Å². The third-order valence-electron chi connectivity index (χ3n) is 2.51. The van der Waals surface area contributed by atoms with Crippen LogP contribution in [0.5, 0.6) is 0 Å². The van der Waals surface area contributed by atoms with Crippen molar-refractivity contribution in [3.63, 3.8) is 0 Å². The normalized spacial score (nSPS) is 20.9. The molecule has 0 aromatic rings. The second-order valence-corrected chi connectivity index (χ2v) is 5.85. The zero-order chi connectivity index (χ0) is 10.9. The molecule has 1 fully saturated rings. The summed E-state index contributed by atoms with van der Waals surface area (Å²) in [6.07, 6.45) is 6.26. The first-order chi connectivity index (χ1) is 7.33. The summed E-state index contributed by atoms with van der Waals surface area (Å²) in [5.41, 5.74) is 0. The van der Waals surface area contributed by atoms with Crippen molar-refractivity contribution >= 4 is 25.2 Å². The molecule has 3 nitrogen and oxygen atoms in total. The summed E-state index contributed by atoms with van der Waals surface area (Å²) in [7, 11) is 0. The third kappa shape index (κ3) is 6.40. The van der Waals surface area contributed by atoms with E-state index in [0.717, 1.165) is 19.5 Å². The second kappa shape index (κ2) is 8.38. The zero-order valence-electron chi connectivity index (χ0n) is 9.16. The van der Waals surface area contributed by atoms with E-state index in [-0.39, 0.29) is 24.8 Å². The number of nitrogens with zero attached hydrogens (tertiary/aromatic N) is 1. The van der Waals surface area contributed by atoms with Crippen molar-refractivity contribution in [3.05, 3.63) is 12.2 Å². The number of hydrogen-bond donors (Lipinski definition) is 2. The van der Waals surface area contributed by atoms with Gasteiger partial charge in [-0.3, -0.25) is 0 Å². The van der Waals surface area contributed by atoms with Gasteiger partial charge in [-0.2, -0.15) is 0 Å². The van der Waals surface area contributed by atoms with E-state index in [1.807, 2.05) is 6.08 Å². The lowest BCUT2D eigenvalue weighted by Gasteiger charge is -2.26. The molecule has 0 spiro atoms. The molecule has 1 atom stereocenters. The van der Waals surface area contributed by atoms with Crippen LogP contribution in [0.3, 0.4) is 0 Å². The Morgan fingerprint density at radius 2 is 2.20 bits per heavy atom. The Bertz CT molecular complexity index is 203. The van der Waals surface area contributed by atoms with Gasteiger partial charge in [-0.05, 0) is 19.4 Å². The van der Waals surface area contributed by atoms with Crippen molar-refractivity contribution in [2.45, 2.75) is 17.0 Å². The fourth-order valence-electron chi connectivity index (χ4n) is 1.63. The lowest BCUT2D eigenvalue weighted by atomic mass is 10.2. The molecule has 0 bridgehead atoms. The van der Waals surface area contributed by atoms with Gasteiger partial charge in [0.2, 0.25) is 0 Å². The summed E-state index contributed by atoms with van der Waals surface area (Å²) >= 11 is -0.290. The Morgan fingerprint density at radius 3 is 2.87 bits per heavy atom. The molecular formula is C11H21IN2O. The number of rotatable bonds is 6. The molecule has 0 aromatic heterocycles. The van der Waals surface area contributed by atoms with Crippen LogP contribution in [0.2, 0.25) is 0 Å². The maximum absolute atomic E-state index is 9.29. The van der Waals surface area contributed by atoms with Crippen LogP contribution in [-0.4, -0.2) is 51.4 Å². The minimum absolute atomic E-state index is 0.247. The minimum atomic E-state index is -0.290. The predicted octanol–water partition coefficient (Wildman–Crippen LogP) is 0.949. The molecule has 15 heavy (non-hydrogen) atoms. The molecule has 88 valence electrons. The van der Waals surface area contributed by atoms with Gasteiger partial charge in [0.1, 0.15) is 4.11 Å². The van der Waals surface area contributed by atoms with Crippen LogP contribution in [0, 0.1) is 0 Å². The fourth-order valence-corrected chi connectivity index (χ4v) is 2.21. The van der Waals surface area contributed by atoms with Crippen molar-refractivity contribution in [1.29, 1.82) is 0 Å². The van der Waals surface area contributed by atoms with E-state index in [1.54, 1.807) is 0 Å². The number of aliphatic hydroxyl groups excluding tert-OH is 1. The number of alkyl halides is 1. The van der Waals surface area contributed by atoms with Gasteiger partial charge in [-0.25, -0.2) is 0 Å². The van der Waals surface area contributed by atoms with Gasteiger partial charge in [0.25, 0.3) is 0 Å². The maximum atomic E-state index is 9.29. The molecule has 0 aliphatic carbocycles. The number of unbranched alkanes of at least 4 members (excludes halogenated alkanes) is 1. The Balaban J connectivity index is 2.00. The summed E-state index contributed by atoms with van der Waals surface area (Å²) in [6, 6.07) is 0. The summed E-state index contributed by atoms with van der Waals surface area (Å²) in [4.78, 5) is 2.50. The monoisotopic (exact) mass is 324 g/mol. The fraction of sp³-hybridized carbons (Fsp3) is 0.727. The highest BCUT2D eigenvalue weighted by Gasteiger charge is 2.07. The molecule has 4 heteroatoms. The summed E-state index contributed by atoms with van der Waals surface area (Å²) in [5.74, 6) is 0. The van der Waals surface area contributed by atoms with Gasteiger partial charge in [-0.1, -0.05) is 37.4 Å². The van der Waals surface area contributed by atoms with E-state index in [1.165, 1.54) is 26.1 Å². The smallest absolute Gasteiger partial charge is 0.118 e. The Hall–Kier alpha value is 0.220. The summed E-state index contributed by atoms with van der Waals surface area (Å²) in [6.45, 7) is 5.79. The summed E-state index contributed by atoms with van der Waals surface area (Å²) in [5, 5.41) is 12.6. The van der Waals surface area contributed by atoms with Crippen molar-refractivity contribution < 1.29 is 5.11 Å². The quantitative estimate of drug-likeness (QED) is 0.331. The van der Waals surface area contributed by atoms with Crippen LogP contribution >= 0.6 is 20.7 Å². The van der Waals surface area contributed by atoms with Crippen LogP contribution < -0.4 is 5.32 Å². The molecule has 1 saturated heterocycles. The standard InChI is InChI=1S/C11H21IN2O/c1-12-11(15)5-3-2-4-8-14-9-6-13-7-10-14/h3,5,11,13,15H,1-2,4,6-10H2/b5-3+. The molecule has 0 radical (unpaired) electrons. The lowest BCUT2D eigenvalue weighted by Crippen LogP contribution is -2.43. The van der Waals surface area contributed by atoms with E-state index in [4.69, 9.17) is 0 Å². The first-order valence-electron chi connectivity index (χ1n) is 5.47.